The summed E-state index contributed by atoms with van der Waals surface area (Å²) in [5.74, 6) is -0.550. The van der Waals surface area contributed by atoms with E-state index in [1.54, 1.807) is 13.8 Å². The van der Waals surface area contributed by atoms with Crippen molar-refractivity contribution in [3.8, 4) is 0 Å². The van der Waals surface area contributed by atoms with Gasteiger partial charge in [0.25, 0.3) is 0 Å². The molecule has 4 heteroatoms. The molecule has 0 aromatic heterocycles. The average Bonchev–Trinajstić information content (AvgIpc) is 1.86. The highest BCUT2D eigenvalue weighted by Gasteiger charge is 2.32. The summed E-state index contributed by atoms with van der Waals surface area (Å²) in [7, 11) is 0. The van der Waals surface area contributed by atoms with Gasteiger partial charge in [-0.3, -0.25) is 4.79 Å². The molecule has 0 spiro atoms. The normalized spacial score (nSPS) is 14.5. The Morgan fingerprint density at radius 1 is 1.64 bits per heavy atom. The van der Waals surface area contributed by atoms with E-state index in [4.69, 9.17) is 28.3 Å². The Labute approximate surface area is 76.5 Å². The lowest BCUT2D eigenvalue weighted by atomic mass is 9.86. The minimum Gasteiger partial charge on any atom is -0.480 e. The standard InChI is InChI=1S/C7H12Cl2O2/c1-7(2,3-4-8)5(9)6(10)11/h5H,3-4H2,1-2H3,(H,10,11). The Hall–Kier alpha value is 0.0500. The number of aliphatic carboxylic acids is 1. The summed E-state index contributed by atoms with van der Waals surface area (Å²) in [4.78, 5) is 10.4. The van der Waals surface area contributed by atoms with Crippen LogP contribution in [0.3, 0.4) is 0 Å². The third kappa shape index (κ3) is 3.30. The lowest BCUT2D eigenvalue weighted by Crippen LogP contribution is -2.32. The molecule has 1 atom stereocenters. The van der Waals surface area contributed by atoms with Gasteiger partial charge in [-0.2, -0.15) is 0 Å². The van der Waals surface area contributed by atoms with E-state index in [0.717, 1.165) is 0 Å². The third-order valence-electron chi connectivity index (χ3n) is 1.64. The van der Waals surface area contributed by atoms with Gasteiger partial charge in [-0.15, -0.1) is 23.2 Å². The Balaban J connectivity index is 4.16. The van der Waals surface area contributed by atoms with Crippen LogP contribution in [0, 0.1) is 5.41 Å². The Morgan fingerprint density at radius 2 is 2.09 bits per heavy atom. The molecule has 2 nitrogen and oxygen atoms in total. The molecule has 1 N–H and O–H groups in total. The van der Waals surface area contributed by atoms with Crippen molar-refractivity contribution in [3.63, 3.8) is 0 Å². The van der Waals surface area contributed by atoms with Crippen LogP contribution in [0.4, 0.5) is 0 Å². The van der Waals surface area contributed by atoms with Gasteiger partial charge in [0.05, 0.1) is 0 Å². The average molecular weight is 199 g/mol. The van der Waals surface area contributed by atoms with Crippen LogP contribution in [0.2, 0.25) is 0 Å². The molecule has 0 saturated heterocycles. The van der Waals surface area contributed by atoms with E-state index in [9.17, 15) is 4.79 Å². The van der Waals surface area contributed by atoms with Crippen LogP contribution in [-0.2, 0) is 4.79 Å². The summed E-state index contributed by atoms with van der Waals surface area (Å²) in [5, 5.41) is 7.71. The van der Waals surface area contributed by atoms with Gasteiger partial charge in [0.2, 0.25) is 0 Å². The van der Waals surface area contributed by atoms with Crippen molar-refractivity contribution in [1.82, 2.24) is 0 Å². The van der Waals surface area contributed by atoms with E-state index in [0.29, 0.717) is 12.3 Å². The second-order valence-corrected chi connectivity index (χ2v) is 3.94. The lowest BCUT2D eigenvalue weighted by Gasteiger charge is -2.25. The van der Waals surface area contributed by atoms with Gasteiger partial charge in [-0.25, -0.2) is 0 Å². The summed E-state index contributed by atoms with van der Waals surface area (Å²) in [5.41, 5.74) is -0.435. The maximum atomic E-state index is 10.4. The van der Waals surface area contributed by atoms with E-state index in [-0.39, 0.29) is 0 Å². The molecule has 0 heterocycles. The largest absolute Gasteiger partial charge is 0.480 e. The van der Waals surface area contributed by atoms with Crippen molar-refractivity contribution in [2.45, 2.75) is 25.6 Å². The van der Waals surface area contributed by atoms with Crippen LogP contribution >= 0.6 is 23.2 Å². The second kappa shape index (κ2) is 4.17. The number of carbonyl (C=O) groups is 1. The molecule has 0 aromatic rings. The SMILES string of the molecule is CC(C)(CCCl)C(Cl)C(=O)O. The second-order valence-electron chi connectivity index (χ2n) is 3.13. The Kier molecular flexibility index (Phi) is 4.19. The zero-order valence-corrected chi connectivity index (χ0v) is 8.11. The predicted octanol–water partition coefficient (Wildman–Crippen LogP) is 2.33. The number of carboxylic acid groups (broad SMARTS) is 1. The van der Waals surface area contributed by atoms with Crippen LogP contribution in [0.1, 0.15) is 20.3 Å². The molecule has 0 amide bonds. The van der Waals surface area contributed by atoms with Crippen LogP contribution in [0.25, 0.3) is 0 Å². The van der Waals surface area contributed by atoms with E-state index in [1.807, 2.05) is 0 Å². The number of alkyl halides is 2. The summed E-state index contributed by atoms with van der Waals surface area (Å²) < 4.78 is 0. The van der Waals surface area contributed by atoms with Gasteiger partial charge in [-0.05, 0) is 11.8 Å². The smallest absolute Gasteiger partial charge is 0.322 e. The first-order valence-corrected chi connectivity index (χ1v) is 4.32. The van der Waals surface area contributed by atoms with Gasteiger partial charge >= 0.3 is 5.97 Å². The van der Waals surface area contributed by atoms with Crippen molar-refractivity contribution >= 4 is 29.2 Å². The van der Waals surface area contributed by atoms with E-state index >= 15 is 0 Å². The minimum absolute atomic E-state index is 0.434. The lowest BCUT2D eigenvalue weighted by molar-refractivity contribution is -0.138. The van der Waals surface area contributed by atoms with Crippen molar-refractivity contribution in [3.05, 3.63) is 0 Å². The third-order valence-corrected chi connectivity index (χ3v) is 2.61. The predicted molar refractivity (Wildman–Crippen MR) is 46.4 cm³/mol. The highest BCUT2D eigenvalue weighted by Crippen LogP contribution is 2.29. The monoisotopic (exact) mass is 198 g/mol. The van der Waals surface area contributed by atoms with Crippen LogP contribution in [-0.4, -0.2) is 22.3 Å². The quantitative estimate of drug-likeness (QED) is 0.705. The molecule has 0 radical (unpaired) electrons. The van der Waals surface area contributed by atoms with Crippen molar-refractivity contribution in [2.75, 3.05) is 5.88 Å². The summed E-state index contributed by atoms with van der Waals surface area (Å²) in [6.45, 7) is 3.59. The van der Waals surface area contributed by atoms with E-state index in [1.165, 1.54) is 0 Å². The van der Waals surface area contributed by atoms with E-state index in [2.05, 4.69) is 0 Å². The highest BCUT2D eigenvalue weighted by molar-refractivity contribution is 6.30. The van der Waals surface area contributed by atoms with Crippen LogP contribution < -0.4 is 0 Å². The zero-order valence-electron chi connectivity index (χ0n) is 6.60. The van der Waals surface area contributed by atoms with E-state index < -0.39 is 16.8 Å². The van der Waals surface area contributed by atoms with Gasteiger partial charge < -0.3 is 5.11 Å². The molecule has 11 heavy (non-hydrogen) atoms. The number of halogens is 2. The summed E-state index contributed by atoms with van der Waals surface area (Å²) in [6.07, 6.45) is 0.606. The Morgan fingerprint density at radius 3 is 2.36 bits per heavy atom. The van der Waals surface area contributed by atoms with Crippen molar-refractivity contribution in [1.29, 1.82) is 0 Å². The molecule has 0 aliphatic rings. The highest BCUT2D eigenvalue weighted by atomic mass is 35.5. The Bertz CT molecular complexity index is 145. The first-order valence-electron chi connectivity index (χ1n) is 3.34. The molecule has 0 rings (SSSR count). The zero-order chi connectivity index (χ0) is 9.07. The molecule has 66 valence electrons. The minimum atomic E-state index is -0.984. The molecule has 0 aromatic carbocycles. The molecule has 0 fully saturated rings. The van der Waals surface area contributed by atoms with Gasteiger partial charge in [0.1, 0.15) is 5.38 Å². The van der Waals surface area contributed by atoms with Crippen LogP contribution in [0.15, 0.2) is 0 Å². The first-order chi connectivity index (χ1) is 4.91. The van der Waals surface area contributed by atoms with Crippen molar-refractivity contribution < 1.29 is 9.90 Å². The number of hydrogen-bond donors (Lipinski definition) is 1. The number of hydrogen-bond acceptors (Lipinski definition) is 1. The maximum absolute atomic E-state index is 10.4. The molecule has 0 aliphatic heterocycles. The fraction of sp³-hybridized carbons (Fsp3) is 0.857. The fourth-order valence-electron chi connectivity index (χ4n) is 0.705. The molecular weight excluding hydrogens is 187 g/mol. The van der Waals surface area contributed by atoms with Gasteiger partial charge in [-0.1, -0.05) is 13.8 Å². The van der Waals surface area contributed by atoms with Crippen molar-refractivity contribution in [2.24, 2.45) is 5.41 Å². The molecule has 0 bridgehead atoms. The molecule has 0 saturated carbocycles. The maximum Gasteiger partial charge on any atom is 0.322 e. The molecular formula is C7H12Cl2O2. The summed E-state index contributed by atoms with van der Waals surface area (Å²) in [6, 6.07) is 0. The van der Waals surface area contributed by atoms with Gasteiger partial charge in [0, 0.05) is 5.88 Å². The number of carboxylic acids is 1. The fourth-order valence-corrected chi connectivity index (χ4v) is 1.30. The first kappa shape index (κ1) is 11.1. The number of rotatable bonds is 4. The van der Waals surface area contributed by atoms with Crippen LogP contribution in [0.5, 0.6) is 0 Å². The summed E-state index contributed by atoms with van der Waals surface area (Å²) >= 11 is 11.1. The topological polar surface area (TPSA) is 37.3 Å². The molecule has 0 aliphatic carbocycles. The molecule has 1 unspecified atom stereocenters. The van der Waals surface area contributed by atoms with Gasteiger partial charge in [0.15, 0.2) is 0 Å².